The average molecular weight is 236 g/mol. The van der Waals surface area contributed by atoms with Crippen LogP contribution in [0.3, 0.4) is 0 Å². The highest BCUT2D eigenvalue weighted by atomic mass is 16.5. The molecule has 0 saturated carbocycles. The van der Waals surface area contributed by atoms with Gasteiger partial charge in [0.25, 0.3) is 0 Å². The predicted octanol–water partition coefficient (Wildman–Crippen LogP) is 1.09. The first-order chi connectivity index (χ1) is 8.22. The van der Waals surface area contributed by atoms with Crippen molar-refractivity contribution in [3.8, 4) is 0 Å². The number of hydrogen-bond donors (Lipinski definition) is 0. The molecule has 0 amide bonds. The first-order valence-corrected chi connectivity index (χ1v) is 5.57. The molecule has 1 fully saturated rings. The first kappa shape index (κ1) is 11.9. The summed E-state index contributed by atoms with van der Waals surface area (Å²) in [6.07, 6.45) is 2.61. The number of aromatic nitrogens is 1. The number of methoxy groups -OCH3 is 1. The van der Waals surface area contributed by atoms with Crippen LogP contribution in [-0.4, -0.2) is 44.4 Å². The third kappa shape index (κ3) is 2.55. The van der Waals surface area contributed by atoms with E-state index in [0.717, 1.165) is 18.8 Å². The van der Waals surface area contributed by atoms with Crippen LogP contribution >= 0.6 is 0 Å². The molecule has 0 spiro atoms. The Morgan fingerprint density at radius 3 is 3.12 bits per heavy atom. The van der Waals surface area contributed by atoms with Crippen molar-refractivity contribution in [3.63, 3.8) is 0 Å². The molecule has 5 heteroatoms. The van der Waals surface area contributed by atoms with Crippen molar-refractivity contribution in [2.45, 2.75) is 12.5 Å². The van der Waals surface area contributed by atoms with E-state index in [1.807, 2.05) is 11.9 Å². The highest BCUT2D eigenvalue weighted by molar-refractivity contribution is 5.90. The SMILES string of the molecule is COC(=O)c1ccnc(N(C)C2CCOC2)c1. The van der Waals surface area contributed by atoms with Crippen LogP contribution in [0.4, 0.5) is 5.82 Å². The van der Waals surface area contributed by atoms with Gasteiger partial charge in [-0.1, -0.05) is 0 Å². The topological polar surface area (TPSA) is 51.7 Å². The summed E-state index contributed by atoms with van der Waals surface area (Å²) < 4.78 is 10.0. The summed E-state index contributed by atoms with van der Waals surface area (Å²) in [4.78, 5) is 17.7. The smallest absolute Gasteiger partial charge is 0.338 e. The van der Waals surface area contributed by atoms with E-state index < -0.39 is 0 Å². The predicted molar refractivity (Wildman–Crippen MR) is 63.2 cm³/mol. The van der Waals surface area contributed by atoms with Crippen LogP contribution in [0.5, 0.6) is 0 Å². The fourth-order valence-electron chi connectivity index (χ4n) is 1.87. The average Bonchev–Trinajstić information content (AvgIpc) is 2.91. The first-order valence-electron chi connectivity index (χ1n) is 5.57. The van der Waals surface area contributed by atoms with Crippen LogP contribution in [0.15, 0.2) is 18.3 Å². The van der Waals surface area contributed by atoms with E-state index in [9.17, 15) is 4.79 Å². The molecule has 1 saturated heterocycles. The summed E-state index contributed by atoms with van der Waals surface area (Å²) in [7, 11) is 3.33. The van der Waals surface area contributed by atoms with Crippen molar-refractivity contribution in [2.24, 2.45) is 0 Å². The summed E-state index contributed by atoms with van der Waals surface area (Å²) in [6, 6.07) is 3.72. The number of carbonyl (C=O) groups excluding carboxylic acids is 1. The number of likely N-dealkylation sites (N-methyl/N-ethyl adjacent to an activating group) is 1. The van der Waals surface area contributed by atoms with Gasteiger partial charge in [0.1, 0.15) is 5.82 Å². The van der Waals surface area contributed by atoms with E-state index in [4.69, 9.17) is 4.74 Å². The number of ether oxygens (including phenoxy) is 2. The van der Waals surface area contributed by atoms with Gasteiger partial charge >= 0.3 is 5.97 Å². The normalized spacial score (nSPS) is 19.1. The Labute approximate surface area is 100 Å². The summed E-state index contributed by atoms with van der Waals surface area (Å²) in [5.74, 6) is 0.424. The van der Waals surface area contributed by atoms with Gasteiger partial charge < -0.3 is 14.4 Å². The van der Waals surface area contributed by atoms with Gasteiger partial charge in [-0.05, 0) is 18.6 Å². The Bertz CT molecular complexity index is 402. The third-order valence-corrected chi connectivity index (χ3v) is 2.98. The number of pyridine rings is 1. The maximum atomic E-state index is 11.4. The Morgan fingerprint density at radius 1 is 1.65 bits per heavy atom. The van der Waals surface area contributed by atoms with Crippen molar-refractivity contribution in [1.82, 2.24) is 4.98 Å². The minimum atomic E-state index is -0.343. The van der Waals surface area contributed by atoms with Gasteiger partial charge in [-0.3, -0.25) is 0 Å². The molecule has 1 aliphatic heterocycles. The molecule has 0 radical (unpaired) electrons. The van der Waals surface area contributed by atoms with Crippen LogP contribution < -0.4 is 4.90 Å². The molecule has 1 atom stereocenters. The van der Waals surface area contributed by atoms with E-state index in [1.165, 1.54) is 7.11 Å². The van der Waals surface area contributed by atoms with Gasteiger partial charge in [0.2, 0.25) is 0 Å². The molecule has 0 aliphatic carbocycles. The summed E-state index contributed by atoms with van der Waals surface area (Å²) in [5, 5.41) is 0. The number of rotatable bonds is 3. The van der Waals surface area contributed by atoms with Gasteiger partial charge in [0.05, 0.1) is 25.3 Å². The van der Waals surface area contributed by atoms with Crippen LogP contribution in [0, 0.1) is 0 Å². The Hall–Kier alpha value is -1.62. The van der Waals surface area contributed by atoms with Crippen molar-refractivity contribution in [1.29, 1.82) is 0 Å². The second-order valence-corrected chi connectivity index (χ2v) is 4.02. The summed E-state index contributed by atoms with van der Waals surface area (Å²) in [5.41, 5.74) is 0.517. The van der Waals surface area contributed by atoms with Crippen LogP contribution in [0.1, 0.15) is 16.8 Å². The van der Waals surface area contributed by atoms with Crippen LogP contribution in [-0.2, 0) is 9.47 Å². The monoisotopic (exact) mass is 236 g/mol. The quantitative estimate of drug-likeness (QED) is 0.735. The molecule has 0 bridgehead atoms. The number of anilines is 1. The molecule has 17 heavy (non-hydrogen) atoms. The van der Waals surface area contributed by atoms with Gasteiger partial charge in [0, 0.05) is 19.9 Å². The third-order valence-electron chi connectivity index (χ3n) is 2.98. The molecule has 92 valence electrons. The molecule has 1 aromatic rings. The lowest BCUT2D eigenvalue weighted by atomic mass is 10.2. The number of esters is 1. The fourth-order valence-corrected chi connectivity index (χ4v) is 1.87. The molecule has 0 N–H and O–H groups in total. The standard InChI is InChI=1S/C12H16N2O3/c1-14(10-4-6-17-8-10)11-7-9(3-5-13-11)12(15)16-2/h3,5,7,10H,4,6,8H2,1-2H3. The highest BCUT2D eigenvalue weighted by Crippen LogP contribution is 2.19. The molecule has 1 aromatic heterocycles. The van der Waals surface area contributed by atoms with Crippen molar-refractivity contribution < 1.29 is 14.3 Å². The van der Waals surface area contributed by atoms with Gasteiger partial charge in [0.15, 0.2) is 0 Å². The Morgan fingerprint density at radius 2 is 2.47 bits per heavy atom. The van der Waals surface area contributed by atoms with E-state index in [1.54, 1.807) is 18.3 Å². The highest BCUT2D eigenvalue weighted by Gasteiger charge is 2.21. The zero-order valence-electron chi connectivity index (χ0n) is 10.0. The maximum absolute atomic E-state index is 11.4. The maximum Gasteiger partial charge on any atom is 0.338 e. The van der Waals surface area contributed by atoms with E-state index in [-0.39, 0.29) is 5.97 Å². The number of carbonyl (C=O) groups is 1. The second-order valence-electron chi connectivity index (χ2n) is 4.02. The zero-order valence-corrected chi connectivity index (χ0v) is 10.0. The lowest BCUT2D eigenvalue weighted by molar-refractivity contribution is 0.0600. The minimum absolute atomic E-state index is 0.329. The van der Waals surface area contributed by atoms with E-state index >= 15 is 0 Å². The molecule has 1 unspecified atom stereocenters. The van der Waals surface area contributed by atoms with Crippen molar-refractivity contribution in [2.75, 3.05) is 32.3 Å². The molecule has 2 rings (SSSR count). The number of nitrogens with zero attached hydrogens (tertiary/aromatic N) is 2. The molecule has 1 aliphatic rings. The second kappa shape index (κ2) is 5.14. The van der Waals surface area contributed by atoms with Crippen LogP contribution in [0.2, 0.25) is 0 Å². The fraction of sp³-hybridized carbons (Fsp3) is 0.500. The Balaban J connectivity index is 2.17. The van der Waals surface area contributed by atoms with Crippen LogP contribution in [0.25, 0.3) is 0 Å². The van der Waals surface area contributed by atoms with Gasteiger partial charge in [-0.25, -0.2) is 9.78 Å². The summed E-state index contributed by atoms with van der Waals surface area (Å²) in [6.45, 7) is 1.49. The van der Waals surface area contributed by atoms with Gasteiger partial charge in [-0.2, -0.15) is 0 Å². The minimum Gasteiger partial charge on any atom is -0.465 e. The van der Waals surface area contributed by atoms with Crippen molar-refractivity contribution >= 4 is 11.8 Å². The molecule has 2 heterocycles. The number of hydrogen-bond acceptors (Lipinski definition) is 5. The zero-order chi connectivity index (χ0) is 12.3. The molecular formula is C12H16N2O3. The van der Waals surface area contributed by atoms with E-state index in [0.29, 0.717) is 18.2 Å². The molecule has 0 aromatic carbocycles. The van der Waals surface area contributed by atoms with Gasteiger partial charge in [-0.15, -0.1) is 0 Å². The molecular weight excluding hydrogens is 220 g/mol. The van der Waals surface area contributed by atoms with Crippen molar-refractivity contribution in [3.05, 3.63) is 23.9 Å². The van der Waals surface area contributed by atoms with E-state index in [2.05, 4.69) is 9.72 Å². The Kier molecular flexibility index (Phi) is 3.58. The lowest BCUT2D eigenvalue weighted by Gasteiger charge is -2.24. The summed E-state index contributed by atoms with van der Waals surface area (Å²) >= 11 is 0. The lowest BCUT2D eigenvalue weighted by Crippen LogP contribution is -2.32. The molecule has 5 nitrogen and oxygen atoms in total. The largest absolute Gasteiger partial charge is 0.465 e.